The van der Waals surface area contributed by atoms with E-state index in [4.69, 9.17) is 4.42 Å². The molecule has 5 heteroatoms. The van der Waals surface area contributed by atoms with Gasteiger partial charge < -0.3 is 15.1 Å². The lowest BCUT2D eigenvalue weighted by Gasteiger charge is -2.12. The van der Waals surface area contributed by atoms with Gasteiger partial charge in [-0.2, -0.15) is 0 Å². The number of aromatic nitrogens is 1. The van der Waals surface area contributed by atoms with Crippen LogP contribution >= 0.6 is 0 Å². The maximum absolute atomic E-state index is 11.8. The number of aryl methyl sites for hydroxylation is 1. The Bertz CT molecular complexity index is 620. The van der Waals surface area contributed by atoms with E-state index < -0.39 is 0 Å². The molecule has 0 aliphatic rings. The van der Waals surface area contributed by atoms with Gasteiger partial charge in [-0.25, -0.2) is 9.78 Å². The van der Waals surface area contributed by atoms with Crippen molar-refractivity contribution in [2.45, 2.75) is 40.3 Å². The zero-order valence-electron chi connectivity index (χ0n) is 13.3. The highest BCUT2D eigenvalue weighted by atomic mass is 16.4. The number of amides is 2. The molecule has 0 aliphatic carbocycles. The molecule has 5 nitrogen and oxygen atoms in total. The number of rotatable bonds is 6. The van der Waals surface area contributed by atoms with Gasteiger partial charge in [-0.1, -0.05) is 38.1 Å². The number of hydrogen-bond donors (Lipinski definition) is 2. The van der Waals surface area contributed by atoms with Gasteiger partial charge in [-0.3, -0.25) is 0 Å². The Kier molecular flexibility index (Phi) is 5.58. The van der Waals surface area contributed by atoms with E-state index in [9.17, 15) is 4.79 Å². The second-order valence-electron chi connectivity index (χ2n) is 5.75. The molecule has 2 amide bonds. The third-order valence-corrected chi connectivity index (χ3v) is 3.28. The third kappa shape index (κ3) is 4.91. The van der Waals surface area contributed by atoms with Crippen LogP contribution in [0.3, 0.4) is 0 Å². The lowest BCUT2D eigenvalue weighted by atomic mass is 9.98. The van der Waals surface area contributed by atoms with Crippen molar-refractivity contribution in [1.82, 2.24) is 15.6 Å². The van der Waals surface area contributed by atoms with Crippen molar-refractivity contribution in [3.63, 3.8) is 0 Å². The average molecular weight is 301 g/mol. The molecule has 0 spiro atoms. The molecule has 2 N–H and O–H groups in total. The van der Waals surface area contributed by atoms with Crippen LogP contribution in [0, 0.1) is 12.8 Å². The van der Waals surface area contributed by atoms with Crippen molar-refractivity contribution in [2.75, 3.05) is 0 Å². The molecule has 0 unspecified atom stereocenters. The van der Waals surface area contributed by atoms with E-state index in [1.54, 1.807) is 13.1 Å². The Hall–Kier alpha value is -2.30. The van der Waals surface area contributed by atoms with Crippen LogP contribution in [-0.2, 0) is 19.5 Å². The first-order chi connectivity index (χ1) is 10.5. The van der Waals surface area contributed by atoms with Crippen LogP contribution < -0.4 is 10.6 Å². The van der Waals surface area contributed by atoms with Gasteiger partial charge in [0.15, 0.2) is 5.89 Å². The summed E-state index contributed by atoms with van der Waals surface area (Å²) >= 11 is 0. The fourth-order valence-electron chi connectivity index (χ4n) is 2.26. The van der Waals surface area contributed by atoms with E-state index in [0.717, 1.165) is 12.0 Å². The Balaban J connectivity index is 1.83. The number of hydrogen-bond acceptors (Lipinski definition) is 3. The molecule has 0 aliphatic heterocycles. The Morgan fingerprint density at radius 2 is 1.86 bits per heavy atom. The number of carbonyl (C=O) groups excluding carboxylic acids is 1. The van der Waals surface area contributed by atoms with Crippen LogP contribution in [0.2, 0.25) is 0 Å². The average Bonchev–Trinajstić information content (AvgIpc) is 2.89. The second kappa shape index (κ2) is 7.64. The SMILES string of the molecule is Cc1ncc(CNC(=O)NCc2ccccc2CC(C)C)o1. The summed E-state index contributed by atoms with van der Waals surface area (Å²) in [6.45, 7) is 7.01. The van der Waals surface area contributed by atoms with E-state index in [-0.39, 0.29) is 6.03 Å². The highest BCUT2D eigenvalue weighted by Crippen LogP contribution is 2.13. The number of urea groups is 1. The van der Waals surface area contributed by atoms with Gasteiger partial charge in [0.1, 0.15) is 5.76 Å². The van der Waals surface area contributed by atoms with Gasteiger partial charge in [0.05, 0.1) is 12.7 Å². The number of benzene rings is 1. The maximum Gasteiger partial charge on any atom is 0.315 e. The lowest BCUT2D eigenvalue weighted by Crippen LogP contribution is -2.34. The van der Waals surface area contributed by atoms with Crippen molar-refractivity contribution in [2.24, 2.45) is 5.92 Å². The summed E-state index contributed by atoms with van der Waals surface area (Å²) in [5.74, 6) is 1.83. The topological polar surface area (TPSA) is 67.2 Å². The summed E-state index contributed by atoms with van der Waals surface area (Å²) in [6.07, 6.45) is 2.63. The highest BCUT2D eigenvalue weighted by Gasteiger charge is 2.07. The fraction of sp³-hybridized carbons (Fsp3) is 0.412. The summed E-state index contributed by atoms with van der Waals surface area (Å²) in [5.41, 5.74) is 2.44. The number of nitrogens with one attached hydrogen (secondary N) is 2. The standard InChI is InChI=1S/C17H23N3O2/c1-12(2)8-14-6-4-5-7-15(14)9-19-17(21)20-11-16-10-18-13(3)22-16/h4-7,10,12H,8-9,11H2,1-3H3,(H2,19,20,21). The molecule has 1 heterocycles. The van der Waals surface area contributed by atoms with E-state index in [1.807, 2.05) is 12.1 Å². The van der Waals surface area contributed by atoms with E-state index in [1.165, 1.54) is 5.56 Å². The zero-order valence-corrected chi connectivity index (χ0v) is 13.3. The summed E-state index contributed by atoms with van der Waals surface area (Å²) in [5, 5.41) is 5.64. The predicted octanol–water partition coefficient (Wildman–Crippen LogP) is 3.18. The van der Waals surface area contributed by atoms with Crippen LogP contribution in [-0.4, -0.2) is 11.0 Å². The van der Waals surface area contributed by atoms with Gasteiger partial charge in [-0.05, 0) is 23.5 Å². The van der Waals surface area contributed by atoms with Crippen LogP contribution in [0.1, 0.15) is 36.6 Å². The molecule has 0 saturated heterocycles. The molecule has 2 aromatic rings. The van der Waals surface area contributed by atoms with Crippen molar-refractivity contribution in [1.29, 1.82) is 0 Å². The Labute approximate surface area is 131 Å². The van der Waals surface area contributed by atoms with Gasteiger partial charge in [0.25, 0.3) is 0 Å². The van der Waals surface area contributed by atoms with Crippen LogP contribution in [0.4, 0.5) is 4.79 Å². The van der Waals surface area contributed by atoms with Crippen molar-refractivity contribution >= 4 is 6.03 Å². The maximum atomic E-state index is 11.8. The minimum Gasteiger partial charge on any atom is -0.444 e. The molecular weight excluding hydrogens is 278 g/mol. The summed E-state index contributed by atoms with van der Waals surface area (Å²) < 4.78 is 5.31. The van der Waals surface area contributed by atoms with E-state index in [2.05, 4.69) is 41.6 Å². The summed E-state index contributed by atoms with van der Waals surface area (Å²) in [6, 6.07) is 7.99. The molecule has 118 valence electrons. The highest BCUT2D eigenvalue weighted by molar-refractivity contribution is 5.73. The molecule has 0 bridgehead atoms. The zero-order chi connectivity index (χ0) is 15.9. The largest absolute Gasteiger partial charge is 0.444 e. The first kappa shape index (κ1) is 16.1. The fourth-order valence-corrected chi connectivity index (χ4v) is 2.26. The van der Waals surface area contributed by atoms with Gasteiger partial charge in [0, 0.05) is 13.5 Å². The normalized spacial score (nSPS) is 10.7. The number of carbonyl (C=O) groups is 1. The summed E-state index contributed by atoms with van der Waals surface area (Å²) in [4.78, 5) is 15.8. The van der Waals surface area contributed by atoms with Crippen molar-refractivity contribution in [3.8, 4) is 0 Å². The van der Waals surface area contributed by atoms with Crippen molar-refractivity contribution in [3.05, 3.63) is 53.2 Å². The lowest BCUT2D eigenvalue weighted by molar-refractivity contribution is 0.239. The van der Waals surface area contributed by atoms with Crippen LogP contribution in [0.15, 0.2) is 34.9 Å². The third-order valence-electron chi connectivity index (χ3n) is 3.28. The molecule has 1 aromatic carbocycles. The monoisotopic (exact) mass is 301 g/mol. The van der Waals surface area contributed by atoms with E-state index >= 15 is 0 Å². The summed E-state index contributed by atoms with van der Waals surface area (Å²) in [7, 11) is 0. The smallest absolute Gasteiger partial charge is 0.315 e. The number of oxazole rings is 1. The molecule has 0 radical (unpaired) electrons. The molecule has 0 saturated carbocycles. The molecule has 1 aromatic heterocycles. The predicted molar refractivity (Wildman–Crippen MR) is 85.3 cm³/mol. The first-order valence-electron chi connectivity index (χ1n) is 7.54. The molecule has 0 atom stereocenters. The van der Waals surface area contributed by atoms with Crippen LogP contribution in [0.25, 0.3) is 0 Å². The molecule has 2 rings (SSSR count). The quantitative estimate of drug-likeness (QED) is 0.861. The van der Waals surface area contributed by atoms with Gasteiger partial charge >= 0.3 is 6.03 Å². The second-order valence-corrected chi connectivity index (χ2v) is 5.75. The minimum atomic E-state index is -0.214. The Morgan fingerprint density at radius 1 is 1.18 bits per heavy atom. The molecular formula is C17H23N3O2. The first-order valence-corrected chi connectivity index (χ1v) is 7.54. The number of nitrogens with zero attached hydrogens (tertiary/aromatic N) is 1. The molecule has 0 fully saturated rings. The van der Waals surface area contributed by atoms with Crippen molar-refractivity contribution < 1.29 is 9.21 Å². The Morgan fingerprint density at radius 3 is 2.50 bits per heavy atom. The minimum absolute atomic E-state index is 0.214. The van der Waals surface area contributed by atoms with Gasteiger partial charge in [-0.15, -0.1) is 0 Å². The molecule has 22 heavy (non-hydrogen) atoms. The van der Waals surface area contributed by atoms with E-state index in [0.29, 0.717) is 30.7 Å². The van der Waals surface area contributed by atoms with Gasteiger partial charge in [0.2, 0.25) is 0 Å². The van der Waals surface area contributed by atoms with Crippen LogP contribution in [0.5, 0.6) is 0 Å².